The number of fused-ring (bicyclic) bond motifs is 3. The number of aliphatic hydroxyl groups is 2. The number of carboxylic acid groups (broad SMARTS) is 4. The highest BCUT2D eigenvalue weighted by Gasteiger charge is 2.26. The lowest BCUT2D eigenvalue weighted by molar-refractivity contribution is -0.153. The highest BCUT2D eigenvalue weighted by Crippen LogP contribution is 2.42. The van der Waals surface area contributed by atoms with E-state index >= 15 is 0 Å². The summed E-state index contributed by atoms with van der Waals surface area (Å²) in [6.45, 7) is 10.8. The van der Waals surface area contributed by atoms with Crippen LogP contribution in [0.1, 0.15) is 111 Å². The number of carbonyl (C=O) groups is 7. The van der Waals surface area contributed by atoms with Crippen molar-refractivity contribution < 1.29 is 92.6 Å². The molecule has 9 heterocycles. The van der Waals surface area contributed by atoms with Crippen molar-refractivity contribution in [1.82, 2.24) is 44.6 Å². The monoisotopic (exact) mass is 2010 g/mol. The molecular formula is C105H106Cl3N17O19. The molecule has 0 bridgehead atoms. The summed E-state index contributed by atoms with van der Waals surface area (Å²) >= 11 is 19.6. The SMILES string of the molecule is CCOc1cc2ncc(C#N)c(Nc3ccc(OCc4ccccn4)c(Cl)c3)c2cc1CC(=O)/C=C/[C@H]1CCCN1C.CCOc1cc2ncc(C#N)c(Nc3ccc(OCc4ccccn4)c(Cl)c3)c2cc1NC(=O)/C=C/[C@H]1CCCN1C.CCOc1cc2ncc(C#N)c(Nc3ccc(OCc4ccccn4)c(Cl)c3)c2cc1NC(=O)/C=C/[C@H]1CCCN1C.O=C(O)C[C@H](O)C(=O)O.O=C(O)C[C@H](O)C(=O)O. The van der Waals surface area contributed by atoms with Gasteiger partial charge in [0.1, 0.15) is 72.5 Å². The fourth-order valence-electron chi connectivity index (χ4n) is 15.2. The van der Waals surface area contributed by atoms with Crippen LogP contribution in [0, 0.1) is 34.0 Å². The van der Waals surface area contributed by atoms with Crippen LogP contribution in [-0.4, -0.2) is 208 Å². The van der Waals surface area contributed by atoms with Crippen molar-refractivity contribution in [1.29, 1.82) is 15.8 Å². The molecule has 0 radical (unpaired) electrons. The van der Waals surface area contributed by atoms with E-state index in [-0.39, 0.29) is 62.0 Å². The Morgan fingerprint density at radius 2 is 0.750 bits per heavy atom. The van der Waals surface area contributed by atoms with Gasteiger partial charge in [-0.2, -0.15) is 15.8 Å². The Kier molecular flexibility index (Phi) is 40.8. The largest absolute Gasteiger partial charge is 0.494 e. The number of nitriles is 3. The van der Waals surface area contributed by atoms with E-state index in [1.807, 2.05) is 124 Å². The topological polar surface area (TPSA) is 515 Å². The number of anilines is 8. The van der Waals surface area contributed by atoms with E-state index in [0.717, 1.165) is 80.8 Å². The maximum atomic E-state index is 13.0. The van der Waals surface area contributed by atoms with E-state index < -0.39 is 48.9 Å². The first-order chi connectivity index (χ1) is 69.4. The average molecular weight is 2020 g/mol. The number of aromatic nitrogens is 6. The predicted octanol–water partition coefficient (Wildman–Crippen LogP) is 17.4. The minimum absolute atomic E-state index is 0.0115. The van der Waals surface area contributed by atoms with Crippen LogP contribution < -0.4 is 55.0 Å². The number of aliphatic carboxylic acids is 4. The van der Waals surface area contributed by atoms with Crippen LogP contribution in [0.15, 0.2) is 219 Å². The lowest BCUT2D eigenvalue weighted by Crippen LogP contribution is -2.23. The molecule has 0 aliphatic carbocycles. The van der Waals surface area contributed by atoms with E-state index in [0.29, 0.717) is 164 Å². The molecule has 12 aromatic rings. The van der Waals surface area contributed by atoms with Crippen molar-refractivity contribution in [3.05, 3.63) is 274 Å². The molecule has 36 nitrogen and oxygen atoms in total. The number of aliphatic hydroxyl groups excluding tert-OH is 2. The maximum absolute atomic E-state index is 13.0. The van der Waals surface area contributed by atoms with Gasteiger partial charge in [-0.1, -0.05) is 71.2 Å². The van der Waals surface area contributed by atoms with Crippen molar-refractivity contribution in [2.45, 2.75) is 129 Å². The van der Waals surface area contributed by atoms with Crippen LogP contribution in [0.3, 0.4) is 0 Å². The number of ether oxygens (including phenoxy) is 6. The maximum Gasteiger partial charge on any atom is 0.333 e. The molecule has 3 fully saturated rings. The third-order valence-electron chi connectivity index (χ3n) is 22.5. The first-order valence-electron chi connectivity index (χ1n) is 45.7. The van der Waals surface area contributed by atoms with Gasteiger partial charge in [0, 0.05) is 131 Å². The van der Waals surface area contributed by atoms with Crippen molar-refractivity contribution in [3.63, 3.8) is 0 Å². The molecular weight excluding hydrogens is 1910 g/mol. The Morgan fingerprint density at radius 1 is 0.424 bits per heavy atom. The number of hydrogen-bond donors (Lipinski definition) is 11. The first kappa shape index (κ1) is 108. The van der Waals surface area contributed by atoms with Crippen LogP contribution in [-0.2, 0) is 59.8 Å². The number of benzene rings is 6. The van der Waals surface area contributed by atoms with Crippen LogP contribution in [0.5, 0.6) is 34.5 Å². The standard InChI is InChI=1S/C33H32ClN5O3.2C32H31ClN6O3.2C4H6O5/c1-3-41-32-18-30-28(16-22(32)15-27(40)11-10-26-8-6-14-39(26)2)33(23(19-35)20-37-30)38-24-9-12-31(29(34)17-24)42-21-25-7-4-5-13-36-25;2*1-3-41-30-17-27-25(16-28(30)38-31(40)12-10-24-8-6-14-39(24)2)32(21(18-34)19-36-27)37-22-9-11-29(26(33)15-22)42-20-23-7-4-5-13-35-23;2*5-2(4(8)9)1-3(6)7/h4-5,7,9-13,16-18,20,26H,3,6,8,14-15,21H2,1-2H3,(H,37,38);2*4-5,7,9-13,15-17,19,24H,3,6,8,14,20H2,1-2H3,(H,36,37)(H,38,40);2*2,5H,1H2,(H,6,7)(H,8,9)/b11-10+;2*12-10+;;/t26-;2*24-;2*2-/m11100/s1. The van der Waals surface area contributed by atoms with Gasteiger partial charge in [0.2, 0.25) is 11.8 Å². The molecule has 2 amide bonds. The van der Waals surface area contributed by atoms with Gasteiger partial charge in [-0.25, -0.2) is 9.59 Å². The summed E-state index contributed by atoms with van der Waals surface area (Å²) in [5.74, 6) is -3.10. The second kappa shape index (κ2) is 54.2. The summed E-state index contributed by atoms with van der Waals surface area (Å²) in [6, 6.07) is 51.0. The molecule has 5 atom stereocenters. The molecule has 3 aliphatic rings. The molecule has 6 aromatic heterocycles. The number of carbonyl (C=O) groups excluding carboxylic acids is 3. The second-order valence-electron chi connectivity index (χ2n) is 32.8. The minimum atomic E-state index is -1.79. The number of carboxylic acids is 4. The third-order valence-corrected chi connectivity index (χ3v) is 23.4. The number of likely N-dealkylation sites (N-methyl/N-ethyl adjacent to an activating group) is 3. The van der Waals surface area contributed by atoms with Crippen LogP contribution in [0.2, 0.25) is 15.1 Å². The van der Waals surface area contributed by atoms with Gasteiger partial charge in [0.25, 0.3) is 0 Å². The number of pyridine rings is 6. The molecule has 3 saturated heterocycles. The van der Waals surface area contributed by atoms with Gasteiger partial charge in [0.05, 0.1) is 126 Å². The normalized spacial score (nSPS) is 14.8. The van der Waals surface area contributed by atoms with Crippen molar-refractivity contribution in [3.8, 4) is 52.7 Å². The zero-order chi connectivity index (χ0) is 103. The molecule has 39 heteroatoms. The zero-order valence-electron chi connectivity index (χ0n) is 79.4. The summed E-state index contributed by atoms with van der Waals surface area (Å²) in [4.78, 5) is 111. The van der Waals surface area contributed by atoms with Crippen LogP contribution in [0.25, 0.3) is 32.7 Å². The average Bonchev–Trinajstić information content (AvgIpc) is 0.821. The van der Waals surface area contributed by atoms with Gasteiger partial charge in [-0.3, -0.25) is 68.6 Å². The van der Waals surface area contributed by atoms with E-state index in [1.165, 1.54) is 18.6 Å². The molecule has 0 spiro atoms. The Hall–Kier alpha value is -16.0. The zero-order valence-corrected chi connectivity index (χ0v) is 81.7. The highest BCUT2D eigenvalue weighted by atomic mass is 35.5. The van der Waals surface area contributed by atoms with Crippen molar-refractivity contribution in [2.75, 3.05) is 87.2 Å². The summed E-state index contributed by atoms with van der Waals surface area (Å²) in [5.41, 5.74) is 10.5. The number of ketones is 1. The number of nitrogens with one attached hydrogen (secondary N) is 5. The summed E-state index contributed by atoms with van der Waals surface area (Å²) in [6.07, 6.45) is 21.9. The predicted molar refractivity (Wildman–Crippen MR) is 545 cm³/mol. The molecule has 3 aliphatic heterocycles. The number of amides is 2. The Labute approximate surface area is 844 Å². The number of hydrogen-bond acceptors (Lipinski definition) is 30. The van der Waals surface area contributed by atoms with Gasteiger partial charge >= 0.3 is 23.9 Å². The number of likely N-dealkylation sites (tertiary alicyclic amines) is 3. The van der Waals surface area contributed by atoms with Gasteiger partial charge < -0.3 is 85.6 Å². The molecule has 15 rings (SSSR count). The Morgan fingerprint density at radius 3 is 1.03 bits per heavy atom. The van der Waals surface area contributed by atoms with E-state index in [4.69, 9.17) is 93.9 Å². The lowest BCUT2D eigenvalue weighted by Gasteiger charge is -2.17. The Balaban J connectivity index is 0.000000189. The molecule has 0 saturated carbocycles. The first-order valence-corrected chi connectivity index (χ1v) is 46.9. The van der Waals surface area contributed by atoms with Crippen LogP contribution >= 0.6 is 34.8 Å². The number of rotatable bonds is 37. The van der Waals surface area contributed by atoms with Crippen molar-refractivity contribution in [2.24, 2.45) is 0 Å². The molecule has 6 aromatic carbocycles. The fraction of sp³-hybridized carbons (Fsp3) is 0.276. The number of nitrogens with zero attached hydrogens (tertiary/aromatic N) is 12. The second-order valence-corrected chi connectivity index (χ2v) is 34.0. The minimum Gasteiger partial charge on any atom is -0.494 e. The van der Waals surface area contributed by atoms with E-state index in [1.54, 1.807) is 97.5 Å². The fourth-order valence-corrected chi connectivity index (χ4v) is 15.9. The lowest BCUT2D eigenvalue weighted by atomic mass is 10.0. The number of halogens is 3. The molecule has 144 heavy (non-hydrogen) atoms. The van der Waals surface area contributed by atoms with Crippen LogP contribution in [0.4, 0.5) is 45.5 Å². The molecule has 11 N–H and O–H groups in total. The molecule has 0 unspecified atom stereocenters. The number of allylic oxidation sites excluding steroid dienone is 1. The Bertz CT molecular complexity index is 6180. The van der Waals surface area contributed by atoms with Gasteiger partial charge in [-0.05, 0) is 215 Å². The summed E-state index contributed by atoms with van der Waals surface area (Å²) < 4.78 is 35.1. The smallest absolute Gasteiger partial charge is 0.333 e. The van der Waals surface area contributed by atoms with Gasteiger partial charge in [-0.15, -0.1) is 0 Å². The summed E-state index contributed by atoms with van der Waals surface area (Å²) in [7, 11) is 6.19. The molecule has 746 valence electrons. The van der Waals surface area contributed by atoms with Gasteiger partial charge in [0.15, 0.2) is 18.0 Å². The summed E-state index contributed by atoms with van der Waals surface area (Å²) in [5, 5.41) is 97.1. The third kappa shape index (κ3) is 31.8. The quantitative estimate of drug-likeness (QED) is 0.0161. The van der Waals surface area contributed by atoms with Crippen molar-refractivity contribution >= 4 is 154 Å². The van der Waals surface area contributed by atoms with E-state index in [2.05, 4.69) is 111 Å². The van der Waals surface area contributed by atoms with E-state index in [9.17, 15) is 49.3 Å². The highest BCUT2D eigenvalue weighted by molar-refractivity contribution is 6.33.